The molecule has 0 fully saturated rings. The quantitative estimate of drug-likeness (QED) is 0.764. The van der Waals surface area contributed by atoms with E-state index >= 15 is 0 Å². The van der Waals surface area contributed by atoms with E-state index in [9.17, 15) is 0 Å². The molecule has 1 atom stereocenters. The van der Waals surface area contributed by atoms with Crippen molar-refractivity contribution in [2.45, 2.75) is 32.8 Å². The largest absolute Gasteiger partial charge is 0.374 e. The third kappa shape index (κ3) is 2.41. The Bertz CT molecular complexity index is 592. The van der Waals surface area contributed by atoms with E-state index in [4.69, 9.17) is 4.74 Å². The Hall–Kier alpha value is -1.67. The van der Waals surface area contributed by atoms with Gasteiger partial charge in [-0.05, 0) is 61.1 Å². The number of hydrogen-bond acceptors (Lipinski definition) is 2. The van der Waals surface area contributed by atoms with Gasteiger partial charge in [0, 0.05) is 18.5 Å². The van der Waals surface area contributed by atoms with Gasteiger partial charge in [-0.2, -0.15) is 0 Å². The molecule has 0 aliphatic carbocycles. The first-order chi connectivity index (χ1) is 9.25. The lowest BCUT2D eigenvalue weighted by Crippen LogP contribution is -2.00. The predicted octanol–water partition coefficient (Wildman–Crippen LogP) is 4.08. The van der Waals surface area contributed by atoms with E-state index in [1.165, 1.54) is 22.3 Å². The van der Waals surface area contributed by atoms with Crippen molar-refractivity contribution in [3.8, 4) is 11.1 Å². The molecule has 0 spiro atoms. The summed E-state index contributed by atoms with van der Waals surface area (Å²) < 4.78 is 5.83. The van der Waals surface area contributed by atoms with Crippen LogP contribution in [0, 0.1) is 6.92 Å². The fourth-order valence-electron chi connectivity index (χ4n) is 2.85. The van der Waals surface area contributed by atoms with Crippen LogP contribution in [0.5, 0.6) is 0 Å². The van der Waals surface area contributed by atoms with E-state index in [2.05, 4.69) is 42.2 Å². The van der Waals surface area contributed by atoms with Gasteiger partial charge < -0.3 is 4.74 Å². The molecule has 2 heterocycles. The molecule has 0 bridgehead atoms. The molecule has 2 nitrogen and oxygen atoms in total. The average molecular weight is 253 g/mol. The normalized spacial score (nSPS) is 18.7. The van der Waals surface area contributed by atoms with Crippen LogP contribution in [0.4, 0.5) is 0 Å². The van der Waals surface area contributed by atoms with Crippen molar-refractivity contribution in [3.05, 3.63) is 53.3 Å². The van der Waals surface area contributed by atoms with E-state index < -0.39 is 0 Å². The van der Waals surface area contributed by atoms with Crippen LogP contribution in [0.1, 0.15) is 36.3 Å². The molecule has 1 aliphatic rings. The van der Waals surface area contributed by atoms with Gasteiger partial charge in [-0.25, -0.2) is 0 Å². The van der Waals surface area contributed by atoms with Crippen LogP contribution in [0.2, 0.25) is 0 Å². The second kappa shape index (κ2) is 5.14. The van der Waals surface area contributed by atoms with Gasteiger partial charge >= 0.3 is 0 Å². The number of ether oxygens (including phenoxy) is 1. The zero-order valence-corrected chi connectivity index (χ0v) is 11.5. The average Bonchev–Trinajstić information content (AvgIpc) is 2.61. The molecule has 0 N–H and O–H groups in total. The van der Waals surface area contributed by atoms with Crippen LogP contribution in [0.15, 0.2) is 36.5 Å². The Morgan fingerprint density at radius 2 is 2.16 bits per heavy atom. The van der Waals surface area contributed by atoms with E-state index in [1.807, 2.05) is 13.1 Å². The van der Waals surface area contributed by atoms with Crippen molar-refractivity contribution in [3.63, 3.8) is 0 Å². The maximum atomic E-state index is 5.83. The molecule has 0 saturated carbocycles. The molecule has 0 radical (unpaired) electrons. The Kier molecular flexibility index (Phi) is 3.34. The van der Waals surface area contributed by atoms with E-state index in [1.54, 1.807) is 0 Å². The molecule has 0 unspecified atom stereocenters. The Morgan fingerprint density at radius 3 is 3.00 bits per heavy atom. The van der Waals surface area contributed by atoms with E-state index in [-0.39, 0.29) is 6.10 Å². The monoisotopic (exact) mass is 253 g/mol. The maximum Gasteiger partial charge on any atom is 0.0799 e. The van der Waals surface area contributed by atoms with Gasteiger partial charge in [-0.15, -0.1) is 0 Å². The highest BCUT2D eigenvalue weighted by Gasteiger charge is 2.18. The Labute approximate surface area is 114 Å². The molecular formula is C17H19NO. The summed E-state index contributed by atoms with van der Waals surface area (Å²) in [7, 11) is 0. The standard InChI is InChI=1S/C17H19NO/c1-12-11-14(8-9-18-12)16-6-3-5-15-13(2)19-10-4-7-17(15)16/h3,5-6,8-9,11,13H,4,7,10H2,1-2H3/t13-/m1/s1. The number of hydrogen-bond donors (Lipinski definition) is 0. The predicted molar refractivity (Wildman–Crippen MR) is 77.1 cm³/mol. The number of benzene rings is 1. The third-order valence-corrected chi connectivity index (χ3v) is 3.80. The highest BCUT2D eigenvalue weighted by Crippen LogP contribution is 2.33. The minimum absolute atomic E-state index is 0.195. The summed E-state index contributed by atoms with van der Waals surface area (Å²) in [6.07, 6.45) is 4.27. The lowest BCUT2D eigenvalue weighted by Gasteiger charge is -2.16. The fourth-order valence-corrected chi connectivity index (χ4v) is 2.85. The number of nitrogens with zero attached hydrogens (tertiary/aromatic N) is 1. The topological polar surface area (TPSA) is 22.1 Å². The second-order valence-corrected chi connectivity index (χ2v) is 5.18. The Morgan fingerprint density at radius 1 is 1.26 bits per heavy atom. The molecule has 0 amide bonds. The SMILES string of the molecule is Cc1cc(-c2cccc3c2CCCO[C@@H]3C)ccn1. The maximum absolute atomic E-state index is 5.83. The van der Waals surface area contributed by atoms with Gasteiger partial charge in [0.2, 0.25) is 0 Å². The van der Waals surface area contributed by atoms with Crippen molar-refractivity contribution in [1.29, 1.82) is 0 Å². The molecule has 2 heteroatoms. The number of pyridine rings is 1. The van der Waals surface area contributed by atoms with Gasteiger partial charge in [0.25, 0.3) is 0 Å². The number of aryl methyl sites for hydroxylation is 1. The smallest absolute Gasteiger partial charge is 0.0799 e. The molecule has 1 aromatic heterocycles. The molecule has 2 aromatic rings. The van der Waals surface area contributed by atoms with E-state index in [0.29, 0.717) is 0 Å². The molecule has 3 rings (SSSR count). The van der Waals surface area contributed by atoms with Gasteiger partial charge in [-0.1, -0.05) is 18.2 Å². The van der Waals surface area contributed by atoms with Crippen LogP contribution in [0.3, 0.4) is 0 Å². The van der Waals surface area contributed by atoms with Crippen LogP contribution < -0.4 is 0 Å². The summed E-state index contributed by atoms with van der Waals surface area (Å²) >= 11 is 0. The molecule has 19 heavy (non-hydrogen) atoms. The second-order valence-electron chi connectivity index (χ2n) is 5.18. The first kappa shape index (κ1) is 12.4. The summed E-state index contributed by atoms with van der Waals surface area (Å²) in [5.74, 6) is 0. The van der Waals surface area contributed by atoms with Gasteiger partial charge in [0.1, 0.15) is 0 Å². The zero-order chi connectivity index (χ0) is 13.2. The van der Waals surface area contributed by atoms with Crippen molar-refractivity contribution >= 4 is 0 Å². The number of aromatic nitrogens is 1. The van der Waals surface area contributed by atoms with Gasteiger partial charge in [-0.3, -0.25) is 4.98 Å². The van der Waals surface area contributed by atoms with Crippen LogP contribution in [0.25, 0.3) is 11.1 Å². The highest BCUT2D eigenvalue weighted by molar-refractivity contribution is 5.69. The van der Waals surface area contributed by atoms with Crippen LogP contribution in [-0.2, 0) is 11.2 Å². The summed E-state index contributed by atoms with van der Waals surface area (Å²) in [5.41, 5.74) is 6.44. The van der Waals surface area contributed by atoms with Crippen LogP contribution >= 0.6 is 0 Å². The lowest BCUT2D eigenvalue weighted by atomic mass is 9.91. The molecule has 98 valence electrons. The molecular weight excluding hydrogens is 234 g/mol. The summed E-state index contributed by atoms with van der Waals surface area (Å²) in [6, 6.07) is 10.8. The van der Waals surface area contributed by atoms with Crippen LogP contribution in [-0.4, -0.2) is 11.6 Å². The third-order valence-electron chi connectivity index (χ3n) is 3.80. The van der Waals surface area contributed by atoms with Crippen molar-refractivity contribution < 1.29 is 4.74 Å². The first-order valence-electron chi connectivity index (χ1n) is 6.92. The van der Waals surface area contributed by atoms with Crippen molar-refractivity contribution in [1.82, 2.24) is 4.98 Å². The molecule has 1 aromatic carbocycles. The summed E-state index contributed by atoms with van der Waals surface area (Å²) in [4.78, 5) is 4.29. The highest BCUT2D eigenvalue weighted by atomic mass is 16.5. The Balaban J connectivity index is 2.15. The minimum atomic E-state index is 0.195. The summed E-state index contributed by atoms with van der Waals surface area (Å²) in [5, 5.41) is 0. The van der Waals surface area contributed by atoms with E-state index in [0.717, 1.165) is 25.1 Å². The lowest BCUT2D eigenvalue weighted by molar-refractivity contribution is 0.0699. The van der Waals surface area contributed by atoms with Crippen molar-refractivity contribution in [2.75, 3.05) is 6.61 Å². The number of fused-ring (bicyclic) bond motifs is 1. The fraction of sp³-hybridized carbons (Fsp3) is 0.353. The van der Waals surface area contributed by atoms with Gasteiger partial charge in [0.05, 0.1) is 6.10 Å². The van der Waals surface area contributed by atoms with Crippen molar-refractivity contribution in [2.24, 2.45) is 0 Å². The summed E-state index contributed by atoms with van der Waals surface area (Å²) in [6.45, 7) is 5.03. The number of rotatable bonds is 1. The van der Waals surface area contributed by atoms with Gasteiger partial charge in [0.15, 0.2) is 0 Å². The first-order valence-corrected chi connectivity index (χ1v) is 6.92. The molecule has 0 saturated heterocycles. The zero-order valence-electron chi connectivity index (χ0n) is 11.5. The minimum Gasteiger partial charge on any atom is -0.374 e. The molecule has 1 aliphatic heterocycles.